The Balaban J connectivity index is 1.51. The molecule has 0 spiro atoms. The zero-order chi connectivity index (χ0) is 18.4. The summed E-state index contributed by atoms with van der Waals surface area (Å²) in [6.45, 7) is 0. The Hall–Kier alpha value is -2.35. The molecule has 1 saturated heterocycles. The molecule has 0 radical (unpaired) electrons. The van der Waals surface area contributed by atoms with E-state index in [2.05, 4.69) is 21.4 Å². The van der Waals surface area contributed by atoms with Gasteiger partial charge in [0.15, 0.2) is 0 Å². The first-order chi connectivity index (χ1) is 12.7. The Morgan fingerprint density at radius 3 is 2.58 bits per heavy atom. The normalized spacial score (nSPS) is 19.6. The number of thioether (sulfide) groups is 1. The molecule has 2 atom stereocenters. The average Bonchev–Trinajstić information content (AvgIpc) is 3.19. The van der Waals surface area contributed by atoms with E-state index >= 15 is 0 Å². The molecule has 1 heterocycles. The number of nitrogens with zero attached hydrogens (tertiary/aromatic N) is 1. The average molecular weight is 370 g/mol. The van der Waals surface area contributed by atoms with Gasteiger partial charge in [-0.15, -0.1) is 11.8 Å². The van der Waals surface area contributed by atoms with E-state index in [-0.39, 0.29) is 18.0 Å². The zero-order valence-corrected chi connectivity index (χ0v) is 15.5. The fourth-order valence-electron chi connectivity index (χ4n) is 2.72. The number of rotatable bonds is 6. The third-order valence-electron chi connectivity index (χ3n) is 4.24. The lowest BCUT2D eigenvalue weighted by Gasteiger charge is -2.10. The van der Waals surface area contributed by atoms with Crippen molar-refractivity contribution in [3.05, 3.63) is 59.7 Å². The van der Waals surface area contributed by atoms with Gasteiger partial charge in [-0.3, -0.25) is 4.79 Å². The highest BCUT2D eigenvalue weighted by Gasteiger charge is 2.29. The second kappa shape index (κ2) is 8.84. The van der Waals surface area contributed by atoms with E-state index in [1.54, 1.807) is 25.1 Å². The highest BCUT2D eigenvalue weighted by Crippen LogP contribution is 2.24. The molecule has 2 aromatic carbocycles. The van der Waals surface area contributed by atoms with Crippen molar-refractivity contribution >= 4 is 23.9 Å². The van der Waals surface area contributed by atoms with Crippen LogP contribution in [0.1, 0.15) is 23.6 Å². The number of amides is 1. The van der Waals surface area contributed by atoms with E-state index in [1.807, 2.05) is 54.8 Å². The summed E-state index contributed by atoms with van der Waals surface area (Å²) < 4.78 is 5.17. The van der Waals surface area contributed by atoms with Crippen LogP contribution >= 0.6 is 11.8 Å². The van der Waals surface area contributed by atoms with Crippen molar-refractivity contribution in [1.29, 1.82) is 0 Å². The second-order valence-electron chi connectivity index (χ2n) is 5.91. The van der Waals surface area contributed by atoms with Gasteiger partial charge in [0.2, 0.25) is 0 Å². The maximum absolute atomic E-state index is 12.3. The summed E-state index contributed by atoms with van der Waals surface area (Å²) in [6, 6.07) is 15.5. The molecule has 0 bridgehead atoms. The van der Waals surface area contributed by atoms with Crippen molar-refractivity contribution in [3.8, 4) is 5.75 Å². The molecule has 136 valence electrons. The molecule has 3 N–H and O–H groups in total. The maximum atomic E-state index is 12.3. The quantitative estimate of drug-likeness (QED) is 0.414. The summed E-state index contributed by atoms with van der Waals surface area (Å²) in [5.74, 6) is 0.652. The molecule has 1 aliphatic rings. The molecular weight excluding hydrogens is 348 g/mol. The Morgan fingerprint density at radius 1 is 1.19 bits per heavy atom. The SMILES string of the molecule is COc1ccc(C2CC(C(=O)N/N=C/c3ccc(SC)cc3)NN2)cc1. The molecule has 0 aliphatic carbocycles. The van der Waals surface area contributed by atoms with Crippen LogP contribution in [0.4, 0.5) is 0 Å². The smallest absolute Gasteiger partial charge is 0.258 e. The van der Waals surface area contributed by atoms with Crippen LogP contribution in [0, 0.1) is 0 Å². The Labute approximate surface area is 157 Å². The van der Waals surface area contributed by atoms with Gasteiger partial charge in [0, 0.05) is 10.9 Å². The van der Waals surface area contributed by atoms with Crippen molar-refractivity contribution in [2.45, 2.75) is 23.4 Å². The van der Waals surface area contributed by atoms with Gasteiger partial charge in [-0.1, -0.05) is 24.3 Å². The first kappa shape index (κ1) is 18.4. The highest BCUT2D eigenvalue weighted by atomic mass is 32.2. The van der Waals surface area contributed by atoms with Crippen molar-refractivity contribution in [1.82, 2.24) is 16.3 Å². The van der Waals surface area contributed by atoms with Crippen molar-refractivity contribution in [2.75, 3.05) is 13.4 Å². The van der Waals surface area contributed by atoms with Gasteiger partial charge in [-0.05, 0) is 48.1 Å². The summed E-state index contributed by atoms with van der Waals surface area (Å²) in [4.78, 5) is 13.5. The maximum Gasteiger partial charge on any atom is 0.258 e. The number of carbonyl (C=O) groups excluding carboxylic acids is 1. The minimum Gasteiger partial charge on any atom is -0.497 e. The van der Waals surface area contributed by atoms with E-state index in [1.165, 1.54) is 4.90 Å². The molecule has 1 amide bonds. The van der Waals surface area contributed by atoms with Gasteiger partial charge < -0.3 is 4.74 Å². The molecule has 1 fully saturated rings. The van der Waals surface area contributed by atoms with Gasteiger partial charge in [-0.2, -0.15) is 5.10 Å². The van der Waals surface area contributed by atoms with Crippen LogP contribution in [0.2, 0.25) is 0 Å². The van der Waals surface area contributed by atoms with Gasteiger partial charge in [0.1, 0.15) is 11.8 Å². The summed E-state index contributed by atoms with van der Waals surface area (Å²) in [6.07, 6.45) is 4.33. The third-order valence-corrected chi connectivity index (χ3v) is 4.99. The molecule has 26 heavy (non-hydrogen) atoms. The molecule has 0 saturated carbocycles. The summed E-state index contributed by atoms with van der Waals surface area (Å²) in [7, 11) is 1.64. The molecular formula is C19H22N4O2S. The minimum absolute atomic E-state index is 0.0692. The molecule has 7 heteroatoms. The van der Waals surface area contributed by atoms with E-state index < -0.39 is 0 Å². The standard InChI is InChI=1S/C19H22N4O2S/c1-25-15-7-5-14(6-8-15)17-11-18(22-21-17)19(24)23-20-12-13-3-9-16(26-2)10-4-13/h3-10,12,17-18,21-22H,11H2,1-2H3,(H,23,24)/b20-12+. The van der Waals surface area contributed by atoms with Gasteiger partial charge in [-0.25, -0.2) is 16.3 Å². The molecule has 2 aromatic rings. The van der Waals surface area contributed by atoms with Gasteiger partial charge in [0.25, 0.3) is 5.91 Å². The van der Waals surface area contributed by atoms with Crippen LogP contribution in [-0.4, -0.2) is 31.5 Å². The first-order valence-corrected chi connectivity index (χ1v) is 9.54. The van der Waals surface area contributed by atoms with Crippen molar-refractivity contribution in [3.63, 3.8) is 0 Å². The zero-order valence-electron chi connectivity index (χ0n) is 14.7. The molecule has 2 unspecified atom stereocenters. The van der Waals surface area contributed by atoms with E-state index in [0.29, 0.717) is 6.42 Å². The fourth-order valence-corrected chi connectivity index (χ4v) is 3.13. The fraction of sp³-hybridized carbons (Fsp3) is 0.263. The molecule has 0 aromatic heterocycles. The predicted molar refractivity (Wildman–Crippen MR) is 104 cm³/mol. The van der Waals surface area contributed by atoms with Gasteiger partial charge in [0.05, 0.1) is 13.3 Å². The van der Waals surface area contributed by atoms with E-state index in [4.69, 9.17) is 4.74 Å². The number of nitrogens with one attached hydrogen (secondary N) is 3. The van der Waals surface area contributed by atoms with Crippen LogP contribution < -0.4 is 21.0 Å². The minimum atomic E-state index is -0.335. The lowest BCUT2D eigenvalue weighted by molar-refractivity contribution is -0.122. The number of hydrazine groups is 1. The Kier molecular flexibility index (Phi) is 6.27. The lowest BCUT2D eigenvalue weighted by atomic mass is 10.0. The summed E-state index contributed by atoms with van der Waals surface area (Å²) >= 11 is 1.69. The van der Waals surface area contributed by atoms with E-state index in [0.717, 1.165) is 16.9 Å². The van der Waals surface area contributed by atoms with Crippen LogP contribution in [0.5, 0.6) is 5.75 Å². The van der Waals surface area contributed by atoms with Crippen LogP contribution in [0.15, 0.2) is 58.5 Å². The third kappa shape index (κ3) is 4.63. The Bertz CT molecular complexity index is 762. The topological polar surface area (TPSA) is 74.8 Å². The molecule has 3 rings (SSSR count). The number of hydrazone groups is 1. The highest BCUT2D eigenvalue weighted by molar-refractivity contribution is 7.98. The number of ether oxygens (including phenoxy) is 1. The van der Waals surface area contributed by atoms with Gasteiger partial charge >= 0.3 is 0 Å². The first-order valence-electron chi connectivity index (χ1n) is 8.31. The van der Waals surface area contributed by atoms with Crippen molar-refractivity contribution < 1.29 is 9.53 Å². The summed E-state index contributed by atoms with van der Waals surface area (Å²) in [5, 5.41) is 4.05. The van der Waals surface area contributed by atoms with Crippen LogP contribution in [-0.2, 0) is 4.79 Å². The monoisotopic (exact) mass is 370 g/mol. The summed E-state index contributed by atoms with van der Waals surface area (Å²) in [5.41, 5.74) is 10.8. The van der Waals surface area contributed by atoms with E-state index in [9.17, 15) is 4.79 Å². The van der Waals surface area contributed by atoms with Crippen LogP contribution in [0.25, 0.3) is 0 Å². The van der Waals surface area contributed by atoms with Crippen molar-refractivity contribution in [2.24, 2.45) is 5.10 Å². The molecule has 6 nitrogen and oxygen atoms in total. The Morgan fingerprint density at radius 2 is 1.92 bits per heavy atom. The molecule has 1 aliphatic heterocycles. The van der Waals surface area contributed by atoms with Crippen LogP contribution in [0.3, 0.4) is 0 Å². The predicted octanol–water partition coefficient (Wildman–Crippen LogP) is 2.48. The lowest BCUT2D eigenvalue weighted by Crippen LogP contribution is -2.41. The number of benzene rings is 2. The second-order valence-corrected chi connectivity index (χ2v) is 6.79. The number of carbonyl (C=O) groups is 1. The number of hydrogen-bond donors (Lipinski definition) is 3. The number of methoxy groups -OCH3 is 1. The largest absolute Gasteiger partial charge is 0.497 e. The number of hydrogen-bond acceptors (Lipinski definition) is 6.